The number of thioether (sulfide) groups is 1. The number of amides is 1. The predicted molar refractivity (Wildman–Crippen MR) is 133 cm³/mol. The number of carbonyl (C=O) groups is 1. The van der Waals surface area contributed by atoms with Crippen molar-refractivity contribution in [3.8, 4) is 5.75 Å². The Kier molecular flexibility index (Phi) is 7.47. The number of hydrogen-bond donors (Lipinski definition) is 0. The average molecular weight is 481 g/mol. The van der Waals surface area contributed by atoms with Crippen molar-refractivity contribution in [1.29, 1.82) is 0 Å². The van der Waals surface area contributed by atoms with Gasteiger partial charge < -0.3 is 4.74 Å². The third-order valence-corrected chi connectivity index (χ3v) is 6.18. The number of ether oxygens (including phenoxy) is 1. The fraction of sp³-hybridized carbons (Fsp3) is 0.154. The molecule has 3 aromatic rings. The molecular weight excluding hydrogens is 459 g/mol. The summed E-state index contributed by atoms with van der Waals surface area (Å²) in [6, 6.07) is 21.1. The van der Waals surface area contributed by atoms with E-state index < -0.39 is 0 Å². The van der Waals surface area contributed by atoms with E-state index in [2.05, 4.69) is 4.99 Å². The van der Waals surface area contributed by atoms with Crippen molar-refractivity contribution in [3.63, 3.8) is 0 Å². The normalized spacial score (nSPS) is 16.1. The molecule has 0 unspecified atom stereocenters. The van der Waals surface area contributed by atoms with Gasteiger partial charge in [-0.2, -0.15) is 0 Å². The molecule has 168 valence electrons. The van der Waals surface area contributed by atoms with Crippen molar-refractivity contribution >= 4 is 46.2 Å². The van der Waals surface area contributed by atoms with E-state index in [1.807, 2.05) is 49.4 Å². The number of benzene rings is 3. The summed E-state index contributed by atoms with van der Waals surface area (Å²) in [5, 5.41) is 1.29. The molecular formula is C26H22ClFN2O2S. The average Bonchev–Trinajstić information content (AvgIpc) is 3.10. The lowest BCUT2D eigenvalue weighted by molar-refractivity contribution is -0.122. The standard InChI is InChI=1S/C26H22ClFN2O2S/c1-2-15-30-25(31)24(33-26(30)29-21-11-9-20(27)10-12-21)16-18-7-13-22(14-8-18)32-17-19-5-3-4-6-23(19)28/h3-14,16H,2,15,17H2,1H3/b24-16-,29-26?. The summed E-state index contributed by atoms with van der Waals surface area (Å²) in [7, 11) is 0. The number of carbonyl (C=O) groups excluding carboxylic acids is 1. The molecule has 0 saturated carbocycles. The molecule has 0 aliphatic carbocycles. The fourth-order valence-corrected chi connectivity index (χ4v) is 4.38. The highest BCUT2D eigenvalue weighted by molar-refractivity contribution is 8.18. The van der Waals surface area contributed by atoms with Crippen molar-refractivity contribution in [2.75, 3.05) is 6.54 Å². The van der Waals surface area contributed by atoms with Gasteiger partial charge >= 0.3 is 0 Å². The zero-order valence-electron chi connectivity index (χ0n) is 18.0. The first-order chi connectivity index (χ1) is 16.0. The Morgan fingerprint density at radius 1 is 1.06 bits per heavy atom. The second-order valence-electron chi connectivity index (χ2n) is 7.39. The van der Waals surface area contributed by atoms with Crippen LogP contribution in [0, 0.1) is 5.82 Å². The third-order valence-electron chi connectivity index (χ3n) is 4.92. The first kappa shape index (κ1) is 23.1. The summed E-state index contributed by atoms with van der Waals surface area (Å²) in [6.45, 7) is 2.77. The molecule has 1 aliphatic heterocycles. The lowest BCUT2D eigenvalue weighted by Crippen LogP contribution is -2.29. The molecule has 1 fully saturated rings. The Hall–Kier alpha value is -3.09. The summed E-state index contributed by atoms with van der Waals surface area (Å²) in [6.07, 6.45) is 2.67. The molecule has 1 saturated heterocycles. The van der Waals surface area contributed by atoms with Crippen molar-refractivity contribution in [2.24, 2.45) is 4.99 Å². The quantitative estimate of drug-likeness (QED) is 0.339. The Balaban J connectivity index is 1.48. The number of halogens is 2. The van der Waals surface area contributed by atoms with Crippen LogP contribution in [0.5, 0.6) is 5.75 Å². The van der Waals surface area contributed by atoms with Crippen molar-refractivity contribution in [3.05, 3.63) is 99.7 Å². The van der Waals surface area contributed by atoms with Gasteiger partial charge in [0.25, 0.3) is 5.91 Å². The van der Waals surface area contributed by atoms with Gasteiger partial charge in [0.15, 0.2) is 5.17 Å². The van der Waals surface area contributed by atoms with Crippen LogP contribution in [-0.2, 0) is 11.4 Å². The summed E-state index contributed by atoms with van der Waals surface area (Å²) < 4.78 is 19.4. The molecule has 4 nitrogen and oxygen atoms in total. The van der Waals surface area contributed by atoms with Gasteiger partial charge in [0, 0.05) is 17.1 Å². The van der Waals surface area contributed by atoms with Gasteiger partial charge in [-0.25, -0.2) is 9.38 Å². The van der Waals surface area contributed by atoms with E-state index in [-0.39, 0.29) is 18.3 Å². The lowest BCUT2D eigenvalue weighted by atomic mass is 10.2. The zero-order chi connectivity index (χ0) is 23.2. The predicted octanol–water partition coefficient (Wildman–Crippen LogP) is 7.07. The largest absolute Gasteiger partial charge is 0.489 e. The fourth-order valence-electron chi connectivity index (χ4n) is 3.23. The van der Waals surface area contributed by atoms with Crippen LogP contribution in [0.1, 0.15) is 24.5 Å². The van der Waals surface area contributed by atoms with E-state index in [4.69, 9.17) is 16.3 Å². The van der Waals surface area contributed by atoms with Crippen LogP contribution < -0.4 is 4.74 Å². The van der Waals surface area contributed by atoms with Crippen LogP contribution in [-0.4, -0.2) is 22.5 Å². The summed E-state index contributed by atoms with van der Waals surface area (Å²) in [4.78, 5) is 20.0. The SMILES string of the molecule is CCCN1C(=O)/C(=C/c2ccc(OCc3ccccc3F)cc2)SC1=Nc1ccc(Cl)cc1. The smallest absolute Gasteiger partial charge is 0.266 e. The van der Waals surface area contributed by atoms with Crippen molar-refractivity contribution < 1.29 is 13.9 Å². The number of aliphatic imine (C=N–C) groups is 1. The second kappa shape index (κ2) is 10.7. The molecule has 3 aromatic carbocycles. The summed E-state index contributed by atoms with van der Waals surface area (Å²) >= 11 is 7.31. The van der Waals surface area contributed by atoms with E-state index in [0.29, 0.717) is 33.0 Å². The van der Waals surface area contributed by atoms with E-state index in [9.17, 15) is 9.18 Å². The second-order valence-corrected chi connectivity index (χ2v) is 8.83. The number of rotatable bonds is 7. The van der Waals surface area contributed by atoms with E-state index in [0.717, 1.165) is 17.7 Å². The third kappa shape index (κ3) is 5.83. The Bertz CT molecular complexity index is 1190. The van der Waals surface area contributed by atoms with E-state index >= 15 is 0 Å². The Morgan fingerprint density at radius 2 is 1.79 bits per heavy atom. The number of hydrogen-bond acceptors (Lipinski definition) is 4. The van der Waals surface area contributed by atoms with Gasteiger partial charge in [-0.1, -0.05) is 48.9 Å². The minimum atomic E-state index is -0.289. The van der Waals surface area contributed by atoms with Gasteiger partial charge in [0.2, 0.25) is 0 Å². The molecule has 1 aliphatic rings. The Morgan fingerprint density at radius 3 is 2.48 bits per heavy atom. The molecule has 1 heterocycles. The molecule has 0 spiro atoms. The minimum Gasteiger partial charge on any atom is -0.489 e. The van der Waals surface area contributed by atoms with Crippen molar-refractivity contribution in [2.45, 2.75) is 20.0 Å². The molecule has 0 radical (unpaired) electrons. The van der Waals surface area contributed by atoms with Gasteiger partial charge in [0.1, 0.15) is 18.2 Å². The molecule has 1 amide bonds. The van der Waals surface area contributed by atoms with Crippen LogP contribution in [0.25, 0.3) is 6.08 Å². The summed E-state index contributed by atoms with van der Waals surface area (Å²) in [5.41, 5.74) is 2.11. The van der Waals surface area contributed by atoms with Crippen LogP contribution in [0.2, 0.25) is 5.02 Å². The molecule has 33 heavy (non-hydrogen) atoms. The lowest BCUT2D eigenvalue weighted by Gasteiger charge is -2.13. The highest BCUT2D eigenvalue weighted by Crippen LogP contribution is 2.34. The monoisotopic (exact) mass is 480 g/mol. The Labute approximate surface area is 201 Å². The first-order valence-corrected chi connectivity index (χ1v) is 11.7. The highest BCUT2D eigenvalue weighted by atomic mass is 35.5. The van der Waals surface area contributed by atoms with Crippen molar-refractivity contribution in [1.82, 2.24) is 4.90 Å². The molecule has 7 heteroatoms. The maximum Gasteiger partial charge on any atom is 0.266 e. The van der Waals surface area contributed by atoms with Crippen LogP contribution in [0.15, 0.2) is 82.7 Å². The molecule has 0 bridgehead atoms. The van der Waals surface area contributed by atoms with Gasteiger partial charge in [-0.05, 0) is 72.3 Å². The van der Waals surface area contributed by atoms with Crippen LogP contribution >= 0.6 is 23.4 Å². The van der Waals surface area contributed by atoms with Gasteiger partial charge in [0.05, 0.1) is 10.6 Å². The first-order valence-electron chi connectivity index (χ1n) is 10.6. The van der Waals surface area contributed by atoms with E-state index in [1.165, 1.54) is 17.8 Å². The minimum absolute atomic E-state index is 0.0607. The van der Waals surface area contributed by atoms with Gasteiger partial charge in [-0.3, -0.25) is 9.69 Å². The molecule has 0 N–H and O–H groups in total. The molecule has 4 rings (SSSR count). The topological polar surface area (TPSA) is 41.9 Å². The van der Waals surface area contributed by atoms with Gasteiger partial charge in [-0.15, -0.1) is 0 Å². The number of amidine groups is 1. The highest BCUT2D eigenvalue weighted by Gasteiger charge is 2.32. The van der Waals surface area contributed by atoms with E-state index in [1.54, 1.807) is 35.2 Å². The molecule has 0 atom stereocenters. The van der Waals surface area contributed by atoms with Crippen LogP contribution in [0.4, 0.5) is 10.1 Å². The summed E-state index contributed by atoms with van der Waals surface area (Å²) in [5.74, 6) is 0.279. The zero-order valence-corrected chi connectivity index (χ0v) is 19.6. The van der Waals surface area contributed by atoms with Crippen LogP contribution in [0.3, 0.4) is 0 Å². The number of nitrogens with zero attached hydrogens (tertiary/aromatic N) is 2. The maximum absolute atomic E-state index is 13.8. The maximum atomic E-state index is 13.8. The molecule has 0 aromatic heterocycles.